The van der Waals surface area contributed by atoms with E-state index in [1.807, 2.05) is 52.0 Å². The zero-order valence-electron chi connectivity index (χ0n) is 16.7. The number of carbonyl (C=O) groups excluding carboxylic acids is 2. The standard InChI is InChI=1S/C23H24N2O3/c1-13-19-16(7-10-24-13)15-6-5-14(11-17(15)25-19)28-20(27)23-9-8-22(4,18(26)12-23)21(23,2)3/h5-7,10-11,25H,8-9,12H2,1-4H3. The smallest absolute Gasteiger partial charge is 0.318 e. The maximum atomic E-state index is 13.3. The first-order chi connectivity index (χ1) is 13.2. The molecule has 0 spiro atoms. The highest BCUT2D eigenvalue weighted by atomic mass is 16.5. The molecular formula is C23H24N2O3. The molecule has 144 valence electrons. The van der Waals surface area contributed by atoms with E-state index in [0.717, 1.165) is 33.9 Å². The van der Waals surface area contributed by atoms with Crippen LogP contribution >= 0.6 is 0 Å². The van der Waals surface area contributed by atoms with Crippen molar-refractivity contribution in [2.75, 3.05) is 0 Å². The number of fused-ring (bicyclic) bond motifs is 5. The summed E-state index contributed by atoms with van der Waals surface area (Å²) in [6, 6.07) is 7.65. The molecule has 2 bridgehead atoms. The molecule has 2 fully saturated rings. The molecule has 0 aliphatic heterocycles. The summed E-state index contributed by atoms with van der Waals surface area (Å²) in [6.45, 7) is 8.06. The largest absolute Gasteiger partial charge is 0.426 e. The van der Waals surface area contributed by atoms with Gasteiger partial charge in [0.05, 0.1) is 22.1 Å². The van der Waals surface area contributed by atoms with Crippen molar-refractivity contribution in [3.05, 3.63) is 36.2 Å². The van der Waals surface area contributed by atoms with Crippen LogP contribution in [0.4, 0.5) is 0 Å². The molecule has 1 aromatic carbocycles. The van der Waals surface area contributed by atoms with Gasteiger partial charge in [-0.2, -0.15) is 0 Å². The van der Waals surface area contributed by atoms with Crippen LogP contribution in [0.25, 0.3) is 21.8 Å². The summed E-state index contributed by atoms with van der Waals surface area (Å²) in [5.74, 6) is 0.419. The number of hydrogen-bond acceptors (Lipinski definition) is 4. The number of carbonyl (C=O) groups is 2. The van der Waals surface area contributed by atoms with E-state index in [2.05, 4.69) is 9.97 Å². The first-order valence-corrected chi connectivity index (χ1v) is 9.82. The van der Waals surface area contributed by atoms with Crippen LogP contribution in [0.1, 0.15) is 45.7 Å². The van der Waals surface area contributed by atoms with Crippen LogP contribution in [0.3, 0.4) is 0 Å². The van der Waals surface area contributed by atoms with Crippen LogP contribution in [0.15, 0.2) is 30.5 Å². The van der Waals surface area contributed by atoms with Gasteiger partial charge in [0.1, 0.15) is 11.5 Å². The van der Waals surface area contributed by atoms with Gasteiger partial charge in [0.15, 0.2) is 0 Å². The number of aromatic nitrogens is 2. The minimum Gasteiger partial charge on any atom is -0.426 e. The van der Waals surface area contributed by atoms with Crippen molar-refractivity contribution >= 4 is 33.6 Å². The lowest BCUT2D eigenvalue weighted by atomic mass is 9.65. The summed E-state index contributed by atoms with van der Waals surface area (Å²) >= 11 is 0. The minimum absolute atomic E-state index is 0.190. The molecule has 2 aromatic heterocycles. The number of esters is 1. The third kappa shape index (κ3) is 1.89. The lowest BCUT2D eigenvalue weighted by Gasteiger charge is -2.37. The molecule has 28 heavy (non-hydrogen) atoms. The summed E-state index contributed by atoms with van der Waals surface area (Å²) in [6.07, 6.45) is 3.55. The Morgan fingerprint density at radius 3 is 2.61 bits per heavy atom. The topological polar surface area (TPSA) is 72.0 Å². The number of pyridine rings is 1. The molecule has 5 nitrogen and oxygen atoms in total. The Morgan fingerprint density at radius 2 is 1.93 bits per heavy atom. The molecule has 2 aliphatic carbocycles. The molecule has 2 unspecified atom stereocenters. The number of Topliss-reactive ketones (excluding diaryl/α,β-unsaturated/α-hetero) is 1. The van der Waals surface area contributed by atoms with Crippen molar-refractivity contribution in [2.24, 2.45) is 16.2 Å². The number of ether oxygens (including phenoxy) is 1. The molecule has 0 radical (unpaired) electrons. The third-order valence-electron chi connectivity index (χ3n) is 7.99. The second-order valence-electron chi connectivity index (χ2n) is 9.18. The maximum Gasteiger partial charge on any atom is 0.318 e. The predicted octanol–water partition coefficient (Wildman–Crippen LogP) is 4.72. The molecule has 0 saturated heterocycles. The second kappa shape index (κ2) is 5.22. The predicted molar refractivity (Wildman–Crippen MR) is 107 cm³/mol. The third-order valence-corrected chi connectivity index (χ3v) is 7.99. The Labute approximate surface area is 163 Å². The Balaban J connectivity index is 1.52. The van der Waals surface area contributed by atoms with Gasteiger partial charge in [0.2, 0.25) is 0 Å². The molecule has 2 heterocycles. The summed E-state index contributed by atoms with van der Waals surface area (Å²) in [4.78, 5) is 33.6. The first-order valence-electron chi connectivity index (χ1n) is 9.82. The summed E-state index contributed by atoms with van der Waals surface area (Å²) in [7, 11) is 0. The summed E-state index contributed by atoms with van der Waals surface area (Å²) < 4.78 is 5.86. The number of H-pyrrole nitrogens is 1. The number of nitrogens with one attached hydrogen (secondary N) is 1. The van der Waals surface area contributed by atoms with E-state index in [9.17, 15) is 9.59 Å². The molecular weight excluding hydrogens is 352 g/mol. The number of rotatable bonds is 2. The van der Waals surface area contributed by atoms with Gasteiger partial charge in [-0.1, -0.05) is 20.8 Å². The SMILES string of the molecule is Cc1nccc2c1[nH]c1cc(OC(=O)C34CCC(C)(C(=O)C3)C4(C)C)ccc12. The molecule has 2 aliphatic rings. The number of aromatic amines is 1. The Kier molecular flexibility index (Phi) is 3.25. The van der Waals surface area contributed by atoms with Crippen LogP contribution in [-0.4, -0.2) is 21.7 Å². The lowest BCUT2D eigenvalue weighted by Crippen LogP contribution is -2.42. The number of hydrogen-bond donors (Lipinski definition) is 1. The number of ketones is 1. The van der Waals surface area contributed by atoms with E-state index in [0.29, 0.717) is 12.2 Å². The van der Waals surface area contributed by atoms with Gasteiger partial charge in [0.25, 0.3) is 0 Å². The van der Waals surface area contributed by atoms with Crippen molar-refractivity contribution in [2.45, 2.75) is 47.0 Å². The van der Waals surface area contributed by atoms with Gasteiger partial charge in [-0.15, -0.1) is 0 Å². The van der Waals surface area contributed by atoms with Gasteiger partial charge in [-0.05, 0) is 43.4 Å². The van der Waals surface area contributed by atoms with Gasteiger partial charge in [-0.25, -0.2) is 0 Å². The van der Waals surface area contributed by atoms with Crippen LogP contribution in [-0.2, 0) is 9.59 Å². The van der Waals surface area contributed by atoms with Crippen molar-refractivity contribution < 1.29 is 14.3 Å². The number of aryl methyl sites for hydroxylation is 1. The minimum atomic E-state index is -0.727. The van der Waals surface area contributed by atoms with Crippen LogP contribution in [0.2, 0.25) is 0 Å². The Bertz CT molecular complexity index is 1180. The Morgan fingerprint density at radius 1 is 1.14 bits per heavy atom. The highest BCUT2D eigenvalue weighted by Gasteiger charge is 2.73. The average Bonchev–Trinajstić information content (AvgIpc) is 3.16. The Hall–Kier alpha value is -2.69. The maximum absolute atomic E-state index is 13.3. The molecule has 1 N–H and O–H groups in total. The first kappa shape index (κ1) is 17.4. The number of benzene rings is 1. The molecule has 5 heteroatoms. The van der Waals surface area contributed by atoms with E-state index in [-0.39, 0.29) is 18.2 Å². The fourth-order valence-electron chi connectivity index (χ4n) is 5.53. The summed E-state index contributed by atoms with van der Waals surface area (Å²) in [5.41, 5.74) is 1.28. The van der Waals surface area contributed by atoms with E-state index < -0.39 is 16.2 Å². The zero-order valence-corrected chi connectivity index (χ0v) is 16.7. The normalized spacial score (nSPS) is 28.4. The average molecular weight is 376 g/mol. The molecule has 2 atom stereocenters. The molecule has 0 amide bonds. The molecule has 3 aromatic rings. The van der Waals surface area contributed by atoms with Crippen molar-refractivity contribution in [1.29, 1.82) is 0 Å². The quantitative estimate of drug-likeness (QED) is 0.519. The molecule has 5 rings (SSSR count). The lowest BCUT2D eigenvalue weighted by molar-refractivity contribution is -0.151. The van der Waals surface area contributed by atoms with Crippen LogP contribution < -0.4 is 4.74 Å². The second-order valence-corrected chi connectivity index (χ2v) is 9.18. The van der Waals surface area contributed by atoms with E-state index in [4.69, 9.17) is 4.74 Å². The van der Waals surface area contributed by atoms with E-state index >= 15 is 0 Å². The zero-order chi connectivity index (χ0) is 19.9. The van der Waals surface area contributed by atoms with Gasteiger partial charge < -0.3 is 9.72 Å². The summed E-state index contributed by atoms with van der Waals surface area (Å²) in [5, 5.41) is 2.18. The van der Waals surface area contributed by atoms with E-state index in [1.165, 1.54) is 0 Å². The fourth-order valence-corrected chi connectivity index (χ4v) is 5.53. The van der Waals surface area contributed by atoms with Gasteiger partial charge >= 0.3 is 5.97 Å². The van der Waals surface area contributed by atoms with E-state index in [1.54, 1.807) is 6.20 Å². The molecule has 2 saturated carbocycles. The fraction of sp³-hybridized carbons (Fsp3) is 0.435. The van der Waals surface area contributed by atoms with Crippen molar-refractivity contribution in [3.63, 3.8) is 0 Å². The van der Waals surface area contributed by atoms with Gasteiger partial charge in [-0.3, -0.25) is 14.6 Å². The van der Waals surface area contributed by atoms with Gasteiger partial charge in [0, 0.05) is 34.9 Å². The number of nitrogens with zero attached hydrogens (tertiary/aromatic N) is 1. The van der Waals surface area contributed by atoms with Crippen molar-refractivity contribution in [1.82, 2.24) is 9.97 Å². The monoisotopic (exact) mass is 376 g/mol. The van der Waals surface area contributed by atoms with Crippen LogP contribution in [0, 0.1) is 23.2 Å². The van der Waals surface area contributed by atoms with Crippen molar-refractivity contribution in [3.8, 4) is 5.75 Å². The highest BCUT2D eigenvalue weighted by Crippen LogP contribution is 2.70. The van der Waals surface area contributed by atoms with Crippen LogP contribution in [0.5, 0.6) is 5.75 Å². The highest BCUT2D eigenvalue weighted by molar-refractivity contribution is 6.08.